The van der Waals surface area contributed by atoms with Gasteiger partial charge in [0.15, 0.2) is 0 Å². The standard InChI is InChI=1S/C19H28N8O9/c20-9(4-14(22)29)16(32)26-11(5-15(30)31)18(34)25-10(1-2-13(21)28)17(33)27-12(19(35)36)3-8-6-23-7-24-8/h6-7,9-12H,1-5,20H2,(H2,21,28)(H2,22,29)(H,23,24)(H,25,34)(H,26,32)(H,27,33)(H,30,31)(H,35,36). The highest BCUT2D eigenvalue weighted by molar-refractivity contribution is 5.96. The zero-order chi connectivity index (χ0) is 27.4. The van der Waals surface area contributed by atoms with Crippen LogP contribution in [0.15, 0.2) is 12.5 Å². The second-order valence-corrected chi connectivity index (χ2v) is 7.68. The molecule has 1 heterocycles. The second-order valence-electron chi connectivity index (χ2n) is 7.68. The van der Waals surface area contributed by atoms with Gasteiger partial charge in [-0.05, 0) is 6.42 Å². The summed E-state index contributed by atoms with van der Waals surface area (Å²) in [4.78, 5) is 89.1. The zero-order valence-electron chi connectivity index (χ0n) is 18.9. The maximum absolute atomic E-state index is 12.8. The molecule has 17 heteroatoms. The number of aliphatic carboxylic acids is 2. The number of nitrogens with two attached hydrogens (primary N) is 3. The van der Waals surface area contributed by atoms with Gasteiger partial charge in [-0.25, -0.2) is 9.78 Å². The molecule has 4 unspecified atom stereocenters. The van der Waals surface area contributed by atoms with E-state index >= 15 is 0 Å². The summed E-state index contributed by atoms with van der Waals surface area (Å²) in [5.74, 6) is -7.87. The van der Waals surface area contributed by atoms with Crippen molar-refractivity contribution in [1.82, 2.24) is 25.9 Å². The van der Waals surface area contributed by atoms with E-state index < -0.39 is 84.9 Å². The predicted molar refractivity (Wildman–Crippen MR) is 118 cm³/mol. The number of amides is 5. The first kappa shape index (κ1) is 29.5. The van der Waals surface area contributed by atoms with Crippen molar-refractivity contribution in [3.8, 4) is 0 Å². The minimum absolute atomic E-state index is 0.187. The summed E-state index contributed by atoms with van der Waals surface area (Å²) in [5.41, 5.74) is 15.9. The molecule has 4 atom stereocenters. The lowest BCUT2D eigenvalue weighted by Crippen LogP contribution is -2.58. The zero-order valence-corrected chi connectivity index (χ0v) is 18.9. The number of H-pyrrole nitrogens is 1. The second kappa shape index (κ2) is 14.0. The Labute approximate surface area is 203 Å². The van der Waals surface area contributed by atoms with Gasteiger partial charge in [-0.1, -0.05) is 0 Å². The van der Waals surface area contributed by atoms with Gasteiger partial charge in [-0.3, -0.25) is 28.8 Å². The fourth-order valence-corrected chi connectivity index (χ4v) is 2.89. The van der Waals surface area contributed by atoms with Crippen LogP contribution in [-0.2, 0) is 40.0 Å². The molecule has 0 aliphatic carbocycles. The predicted octanol–water partition coefficient (Wildman–Crippen LogP) is -4.57. The normalized spacial score (nSPS) is 13.9. The number of carboxylic acid groups (broad SMARTS) is 2. The Kier molecular flexibility index (Phi) is 11.5. The fourth-order valence-electron chi connectivity index (χ4n) is 2.89. The minimum atomic E-state index is -1.74. The molecule has 12 N–H and O–H groups in total. The van der Waals surface area contributed by atoms with E-state index in [2.05, 4.69) is 25.9 Å². The minimum Gasteiger partial charge on any atom is -0.481 e. The molecule has 0 radical (unpaired) electrons. The number of hydrogen-bond donors (Lipinski definition) is 9. The summed E-state index contributed by atoms with van der Waals surface area (Å²) in [5, 5.41) is 25.0. The lowest BCUT2D eigenvalue weighted by molar-refractivity contribution is -0.143. The Morgan fingerprint density at radius 2 is 1.44 bits per heavy atom. The maximum Gasteiger partial charge on any atom is 0.326 e. The van der Waals surface area contributed by atoms with Crippen LogP contribution in [-0.4, -0.2) is 85.8 Å². The molecule has 0 saturated carbocycles. The Bertz CT molecular complexity index is 982. The van der Waals surface area contributed by atoms with E-state index in [1.54, 1.807) is 0 Å². The third-order valence-corrected chi connectivity index (χ3v) is 4.68. The van der Waals surface area contributed by atoms with Crippen LogP contribution >= 0.6 is 0 Å². The van der Waals surface area contributed by atoms with Crippen LogP contribution in [0.5, 0.6) is 0 Å². The van der Waals surface area contributed by atoms with Crippen molar-refractivity contribution in [2.24, 2.45) is 17.2 Å². The molecule has 17 nitrogen and oxygen atoms in total. The molecule has 0 fully saturated rings. The van der Waals surface area contributed by atoms with Gasteiger partial charge < -0.3 is 48.3 Å². The molecule has 1 aromatic rings. The average Bonchev–Trinajstić information content (AvgIpc) is 3.27. The smallest absolute Gasteiger partial charge is 0.326 e. The number of nitrogens with zero attached hydrogens (tertiary/aromatic N) is 1. The quantitative estimate of drug-likeness (QED) is 0.101. The van der Waals surface area contributed by atoms with Crippen LogP contribution < -0.4 is 33.2 Å². The molecular formula is C19H28N8O9. The van der Waals surface area contributed by atoms with Crippen LogP contribution in [0.4, 0.5) is 0 Å². The molecule has 5 amide bonds. The SMILES string of the molecule is NC(=O)CCC(NC(=O)C(CC(=O)O)NC(=O)C(N)CC(N)=O)C(=O)NC(Cc1cnc[nH]1)C(=O)O. The van der Waals surface area contributed by atoms with Gasteiger partial charge in [0.2, 0.25) is 29.5 Å². The summed E-state index contributed by atoms with van der Waals surface area (Å²) >= 11 is 0. The van der Waals surface area contributed by atoms with Gasteiger partial charge in [-0.15, -0.1) is 0 Å². The number of imidazole rings is 1. The highest BCUT2D eigenvalue weighted by Gasteiger charge is 2.32. The molecule has 1 rings (SSSR count). The van der Waals surface area contributed by atoms with Crippen LogP contribution in [0.1, 0.15) is 31.4 Å². The molecule has 36 heavy (non-hydrogen) atoms. The van der Waals surface area contributed by atoms with E-state index in [-0.39, 0.29) is 12.8 Å². The van der Waals surface area contributed by atoms with E-state index in [0.29, 0.717) is 5.69 Å². The van der Waals surface area contributed by atoms with E-state index in [0.717, 1.165) is 0 Å². The molecule has 0 bridgehead atoms. The lowest BCUT2D eigenvalue weighted by Gasteiger charge is -2.24. The Morgan fingerprint density at radius 1 is 0.861 bits per heavy atom. The molecule has 0 aromatic carbocycles. The van der Waals surface area contributed by atoms with E-state index in [1.165, 1.54) is 12.5 Å². The molecular weight excluding hydrogens is 484 g/mol. The summed E-state index contributed by atoms with van der Waals surface area (Å²) < 4.78 is 0. The summed E-state index contributed by atoms with van der Waals surface area (Å²) in [6.45, 7) is 0. The Balaban J connectivity index is 3.02. The van der Waals surface area contributed by atoms with Crippen molar-refractivity contribution >= 4 is 41.5 Å². The largest absolute Gasteiger partial charge is 0.481 e. The number of rotatable bonds is 16. The first-order valence-electron chi connectivity index (χ1n) is 10.4. The fraction of sp³-hybridized carbons (Fsp3) is 0.474. The third kappa shape index (κ3) is 10.6. The third-order valence-electron chi connectivity index (χ3n) is 4.68. The average molecular weight is 512 g/mol. The molecule has 1 aromatic heterocycles. The van der Waals surface area contributed by atoms with Gasteiger partial charge in [0.25, 0.3) is 0 Å². The van der Waals surface area contributed by atoms with Crippen molar-refractivity contribution in [1.29, 1.82) is 0 Å². The van der Waals surface area contributed by atoms with Crippen LogP contribution in [0.3, 0.4) is 0 Å². The molecule has 0 aliphatic rings. The molecule has 0 aliphatic heterocycles. The van der Waals surface area contributed by atoms with Gasteiger partial charge >= 0.3 is 11.9 Å². The number of aromatic nitrogens is 2. The molecule has 0 spiro atoms. The number of hydrogen-bond acceptors (Lipinski definition) is 9. The van der Waals surface area contributed by atoms with Crippen molar-refractivity contribution in [3.05, 3.63) is 18.2 Å². The topological polar surface area (TPSA) is 303 Å². The first-order valence-corrected chi connectivity index (χ1v) is 10.4. The van der Waals surface area contributed by atoms with Gasteiger partial charge in [0.1, 0.15) is 18.1 Å². The van der Waals surface area contributed by atoms with Gasteiger partial charge in [-0.2, -0.15) is 0 Å². The van der Waals surface area contributed by atoms with Crippen molar-refractivity contribution in [2.45, 2.75) is 56.3 Å². The summed E-state index contributed by atoms with van der Waals surface area (Å²) in [6.07, 6.45) is 0.197. The van der Waals surface area contributed by atoms with Crippen LogP contribution in [0, 0.1) is 0 Å². The maximum atomic E-state index is 12.8. The highest BCUT2D eigenvalue weighted by atomic mass is 16.4. The summed E-state index contributed by atoms with van der Waals surface area (Å²) in [6, 6.07) is -6.19. The first-order chi connectivity index (χ1) is 16.8. The lowest BCUT2D eigenvalue weighted by atomic mass is 10.1. The number of carbonyl (C=O) groups excluding carboxylic acids is 5. The number of carboxylic acids is 2. The van der Waals surface area contributed by atoms with Crippen LogP contribution in [0.25, 0.3) is 0 Å². The number of primary amides is 2. The summed E-state index contributed by atoms with van der Waals surface area (Å²) in [7, 11) is 0. The van der Waals surface area contributed by atoms with Crippen molar-refractivity contribution < 1.29 is 43.8 Å². The number of nitrogens with one attached hydrogen (secondary N) is 4. The Morgan fingerprint density at radius 3 is 1.94 bits per heavy atom. The number of carbonyl (C=O) groups is 7. The van der Waals surface area contributed by atoms with E-state index in [1.807, 2.05) is 0 Å². The monoisotopic (exact) mass is 512 g/mol. The van der Waals surface area contributed by atoms with E-state index in [4.69, 9.17) is 22.3 Å². The van der Waals surface area contributed by atoms with Crippen molar-refractivity contribution in [2.75, 3.05) is 0 Å². The number of aromatic amines is 1. The van der Waals surface area contributed by atoms with Crippen LogP contribution in [0.2, 0.25) is 0 Å². The Hall–Kier alpha value is -4.54. The van der Waals surface area contributed by atoms with Gasteiger partial charge in [0, 0.05) is 24.7 Å². The van der Waals surface area contributed by atoms with E-state index in [9.17, 15) is 38.7 Å². The van der Waals surface area contributed by atoms with Crippen molar-refractivity contribution in [3.63, 3.8) is 0 Å². The highest BCUT2D eigenvalue weighted by Crippen LogP contribution is 2.05. The van der Waals surface area contributed by atoms with Gasteiger partial charge in [0.05, 0.1) is 25.2 Å². The molecule has 0 saturated heterocycles. The molecule has 198 valence electrons.